The van der Waals surface area contributed by atoms with E-state index in [0.717, 1.165) is 62.7 Å². The molecule has 0 aliphatic carbocycles. The molecule has 0 bridgehead atoms. The first-order valence-corrected chi connectivity index (χ1v) is 18.8. The van der Waals surface area contributed by atoms with Crippen molar-refractivity contribution in [1.82, 2.24) is 25.3 Å². The van der Waals surface area contributed by atoms with Crippen LogP contribution < -0.4 is 20.1 Å². The highest BCUT2D eigenvalue weighted by atomic mass is 79.9. The Hall–Kier alpha value is -4.69. The number of aliphatic imine (C=N–C) groups is 1. The number of aromatic hydroxyl groups is 1. The molecular weight excluding hydrogens is 756 g/mol. The number of amides is 2. The number of hydrogen-bond donors (Lipinski definition) is 3. The average molecular weight is 806 g/mol. The Balaban J connectivity index is 1.17. The van der Waals surface area contributed by atoms with Gasteiger partial charge in [0.1, 0.15) is 35.7 Å². The van der Waals surface area contributed by atoms with Gasteiger partial charge in [0.15, 0.2) is 5.75 Å². The number of hydrogen-bond acceptors (Lipinski definition) is 10. The fraction of sp³-hybridized carbons (Fsp3) is 0.325. The van der Waals surface area contributed by atoms with Crippen LogP contribution >= 0.6 is 27.3 Å². The molecule has 0 saturated carbocycles. The van der Waals surface area contributed by atoms with Gasteiger partial charge in [0, 0.05) is 61.3 Å². The molecule has 1 unspecified atom stereocenters. The van der Waals surface area contributed by atoms with Crippen LogP contribution in [-0.2, 0) is 9.59 Å². The van der Waals surface area contributed by atoms with E-state index in [4.69, 9.17) is 9.47 Å². The first-order valence-electron chi connectivity index (χ1n) is 17.2. The number of imide groups is 1. The molecular formula is C40H49BrN6O5S. The second-order valence-corrected chi connectivity index (χ2v) is 14.8. The summed E-state index contributed by atoms with van der Waals surface area (Å²) in [6, 6.07) is 20.5. The van der Waals surface area contributed by atoms with Crippen molar-refractivity contribution in [2.75, 3.05) is 60.5 Å². The number of phenols is 1. The van der Waals surface area contributed by atoms with Crippen LogP contribution in [0.1, 0.15) is 20.8 Å². The fourth-order valence-electron chi connectivity index (χ4n) is 5.14. The number of nitrogens with zero attached hydrogens (tertiary/aromatic N) is 4. The number of halogens is 1. The second kappa shape index (κ2) is 19.4. The smallest absolute Gasteiger partial charge is 0.248 e. The Labute approximate surface area is 324 Å². The standard InChI is InChI=1S/C40H49BrN6O5S/c1-26(27(2)43-29(4)47(8)28(3)40(50)44-30(5)48)42-19-20-45(6)21-22-46(7)23-24-51-34-14-16-35(17-15-34)52-38-36-18-13-33(49)25-37(36)53-39(38)31-9-11-32(41)12-10-31/h9-18,25,28,42,49H,1-2,19-24H2,3-8H3,(H,44,48,50). The van der Waals surface area contributed by atoms with Gasteiger partial charge in [-0.2, -0.15) is 0 Å². The van der Waals surface area contributed by atoms with Gasteiger partial charge < -0.3 is 34.6 Å². The van der Waals surface area contributed by atoms with E-state index in [-0.39, 0.29) is 5.75 Å². The maximum Gasteiger partial charge on any atom is 0.248 e. The molecule has 0 spiro atoms. The molecule has 0 fully saturated rings. The van der Waals surface area contributed by atoms with E-state index >= 15 is 0 Å². The van der Waals surface area contributed by atoms with E-state index in [1.54, 1.807) is 49.3 Å². The molecule has 0 radical (unpaired) electrons. The normalized spacial score (nSPS) is 12.1. The Morgan fingerprint density at radius 3 is 2.23 bits per heavy atom. The molecule has 0 aliphatic heterocycles. The molecule has 53 heavy (non-hydrogen) atoms. The van der Waals surface area contributed by atoms with Gasteiger partial charge in [-0.25, -0.2) is 4.99 Å². The molecule has 3 N–H and O–H groups in total. The third kappa shape index (κ3) is 12.2. The van der Waals surface area contributed by atoms with Crippen molar-refractivity contribution < 1.29 is 24.2 Å². The molecule has 4 rings (SSSR count). The summed E-state index contributed by atoms with van der Waals surface area (Å²) >= 11 is 5.10. The van der Waals surface area contributed by atoms with Gasteiger partial charge in [-0.15, -0.1) is 11.3 Å². The summed E-state index contributed by atoms with van der Waals surface area (Å²) < 4.78 is 14.4. The lowest BCUT2D eigenvalue weighted by Crippen LogP contribution is -2.46. The molecule has 3 aromatic carbocycles. The fourth-order valence-corrected chi connectivity index (χ4v) is 6.57. The third-order valence-electron chi connectivity index (χ3n) is 8.63. The van der Waals surface area contributed by atoms with Crippen molar-refractivity contribution in [3.8, 4) is 33.4 Å². The van der Waals surface area contributed by atoms with Crippen molar-refractivity contribution in [1.29, 1.82) is 0 Å². The molecule has 13 heteroatoms. The lowest BCUT2D eigenvalue weighted by molar-refractivity contribution is -0.131. The van der Waals surface area contributed by atoms with Gasteiger partial charge in [0.25, 0.3) is 0 Å². The summed E-state index contributed by atoms with van der Waals surface area (Å²) in [5, 5.41) is 16.6. The number of ether oxygens (including phenoxy) is 2. The van der Waals surface area contributed by atoms with Crippen LogP contribution in [0.5, 0.6) is 23.0 Å². The van der Waals surface area contributed by atoms with E-state index in [1.165, 1.54) is 6.92 Å². The van der Waals surface area contributed by atoms with Crippen molar-refractivity contribution >= 4 is 55.0 Å². The Kier molecular flexibility index (Phi) is 15.0. The summed E-state index contributed by atoms with van der Waals surface area (Å²) in [5.41, 5.74) is 2.12. The molecule has 282 valence electrons. The SMILES string of the molecule is C=C(N=C(C)N(C)C(C)C(=O)NC(C)=O)C(=C)NCCN(C)CCN(C)CCOc1ccc(Oc2c(-c3ccc(Br)cc3)sc3cc(O)ccc23)cc1. The molecule has 1 heterocycles. The topological polar surface area (TPSA) is 119 Å². The van der Waals surface area contributed by atoms with E-state index in [9.17, 15) is 14.7 Å². The number of carbonyl (C=O) groups is 2. The largest absolute Gasteiger partial charge is 0.508 e. The van der Waals surface area contributed by atoms with Crippen LogP contribution in [0.2, 0.25) is 0 Å². The monoisotopic (exact) mass is 804 g/mol. The number of benzene rings is 3. The number of fused-ring (bicyclic) bond motifs is 1. The number of amidine groups is 1. The predicted molar refractivity (Wildman–Crippen MR) is 219 cm³/mol. The minimum atomic E-state index is -0.572. The predicted octanol–water partition coefficient (Wildman–Crippen LogP) is 7.09. The Morgan fingerprint density at radius 1 is 0.925 bits per heavy atom. The molecule has 0 aliphatic rings. The first kappa shape index (κ1) is 41.1. The summed E-state index contributed by atoms with van der Waals surface area (Å²) in [4.78, 5) is 35.0. The maximum atomic E-state index is 12.2. The van der Waals surface area contributed by atoms with Crippen LogP contribution in [-0.4, -0.2) is 104 Å². The lowest BCUT2D eigenvalue weighted by atomic mass is 10.1. The van der Waals surface area contributed by atoms with Crippen LogP contribution in [0.4, 0.5) is 0 Å². The van der Waals surface area contributed by atoms with Gasteiger partial charge in [0.2, 0.25) is 11.8 Å². The van der Waals surface area contributed by atoms with Crippen LogP contribution in [0.25, 0.3) is 20.5 Å². The number of thiophene rings is 1. The number of rotatable bonds is 18. The Morgan fingerprint density at radius 2 is 1.57 bits per heavy atom. The second-order valence-electron chi connectivity index (χ2n) is 12.8. The molecule has 1 aromatic heterocycles. The van der Waals surface area contributed by atoms with E-state index in [0.29, 0.717) is 36.1 Å². The van der Waals surface area contributed by atoms with Crippen molar-refractivity contribution in [2.45, 2.75) is 26.8 Å². The van der Waals surface area contributed by atoms with Crippen molar-refractivity contribution in [3.05, 3.63) is 95.8 Å². The minimum Gasteiger partial charge on any atom is -0.508 e. The Bertz CT molecular complexity index is 1930. The number of carbonyl (C=O) groups excluding carboxylic acids is 2. The van der Waals surface area contributed by atoms with E-state index in [2.05, 4.69) is 68.6 Å². The summed E-state index contributed by atoms with van der Waals surface area (Å²) in [5.74, 6) is 2.23. The molecule has 2 amide bonds. The number of nitrogens with one attached hydrogen (secondary N) is 2. The van der Waals surface area contributed by atoms with Gasteiger partial charge in [0.05, 0.1) is 16.3 Å². The van der Waals surface area contributed by atoms with Gasteiger partial charge in [-0.3, -0.25) is 14.9 Å². The van der Waals surface area contributed by atoms with Crippen molar-refractivity contribution in [3.63, 3.8) is 0 Å². The highest BCUT2D eigenvalue weighted by molar-refractivity contribution is 9.10. The molecule has 1 atom stereocenters. The highest BCUT2D eigenvalue weighted by Gasteiger charge is 2.20. The summed E-state index contributed by atoms with van der Waals surface area (Å²) in [6.45, 7) is 17.4. The van der Waals surface area contributed by atoms with E-state index < -0.39 is 17.9 Å². The molecule has 0 saturated heterocycles. The molecule has 4 aromatic rings. The quantitative estimate of drug-likeness (QED) is 0.0551. The minimum absolute atomic E-state index is 0.223. The van der Waals surface area contributed by atoms with Crippen molar-refractivity contribution in [2.24, 2.45) is 4.99 Å². The zero-order chi connectivity index (χ0) is 38.7. The van der Waals surface area contributed by atoms with Gasteiger partial charge >= 0.3 is 0 Å². The van der Waals surface area contributed by atoms with E-state index in [1.807, 2.05) is 54.6 Å². The number of likely N-dealkylation sites (N-methyl/N-ethyl adjacent to an activating group) is 3. The number of phenolic OH excluding ortho intramolecular Hbond substituents is 1. The van der Waals surface area contributed by atoms with Gasteiger partial charge in [-0.1, -0.05) is 41.2 Å². The maximum absolute atomic E-state index is 12.2. The lowest BCUT2D eigenvalue weighted by Gasteiger charge is -2.25. The molecule has 11 nitrogen and oxygen atoms in total. The highest BCUT2D eigenvalue weighted by Crippen LogP contribution is 2.47. The van der Waals surface area contributed by atoms with Crippen LogP contribution in [0.3, 0.4) is 0 Å². The third-order valence-corrected chi connectivity index (χ3v) is 10.3. The zero-order valence-electron chi connectivity index (χ0n) is 31.2. The van der Waals surface area contributed by atoms with Crippen LogP contribution in [0, 0.1) is 0 Å². The average Bonchev–Trinajstić information content (AvgIpc) is 3.47. The summed E-state index contributed by atoms with van der Waals surface area (Å²) in [7, 11) is 5.89. The van der Waals surface area contributed by atoms with Crippen LogP contribution in [0.15, 0.2) is 101 Å². The summed E-state index contributed by atoms with van der Waals surface area (Å²) in [6.07, 6.45) is 0. The first-order chi connectivity index (χ1) is 25.2. The zero-order valence-corrected chi connectivity index (χ0v) is 33.6. The van der Waals surface area contributed by atoms with Gasteiger partial charge in [-0.05, 0) is 88.1 Å².